The first-order chi connectivity index (χ1) is 9.26. The van der Waals surface area contributed by atoms with E-state index in [1.54, 1.807) is 4.68 Å². The molecule has 5 nitrogen and oxygen atoms in total. The molecule has 1 aromatic heterocycles. The predicted octanol–water partition coefficient (Wildman–Crippen LogP) is 2.63. The lowest BCUT2D eigenvalue weighted by Crippen LogP contribution is -2.00. The van der Waals surface area contributed by atoms with Gasteiger partial charge in [-0.05, 0) is 37.6 Å². The van der Waals surface area contributed by atoms with Crippen molar-refractivity contribution in [1.82, 2.24) is 15.0 Å². The highest BCUT2D eigenvalue weighted by Gasteiger charge is 2.09. The van der Waals surface area contributed by atoms with E-state index >= 15 is 0 Å². The second-order valence-corrected chi connectivity index (χ2v) is 4.24. The summed E-state index contributed by atoms with van der Waals surface area (Å²) in [5.74, 6) is 0.843. The van der Waals surface area contributed by atoms with Crippen molar-refractivity contribution in [3.05, 3.63) is 35.7 Å². The topological polar surface area (TPSA) is 63.7 Å². The fourth-order valence-electron chi connectivity index (χ4n) is 1.70. The van der Waals surface area contributed by atoms with E-state index in [-0.39, 0.29) is 0 Å². The first-order valence-corrected chi connectivity index (χ1v) is 6.32. The van der Waals surface area contributed by atoms with Crippen LogP contribution in [-0.2, 0) is 0 Å². The average molecular weight is 256 g/mol. The maximum Gasteiger partial charge on any atom is 0.186 e. The van der Waals surface area contributed by atoms with E-state index in [0.29, 0.717) is 5.69 Å². The van der Waals surface area contributed by atoms with Crippen molar-refractivity contribution in [2.24, 2.45) is 0 Å². The van der Waals surface area contributed by atoms with E-state index in [0.717, 1.165) is 36.6 Å². The van der Waals surface area contributed by atoms with E-state index in [9.17, 15) is 0 Å². The van der Waals surface area contributed by atoms with Gasteiger partial charge in [0.25, 0.3) is 0 Å². The van der Waals surface area contributed by atoms with Crippen LogP contribution in [0.4, 0.5) is 0 Å². The first kappa shape index (κ1) is 13.1. The van der Waals surface area contributed by atoms with E-state index in [4.69, 9.17) is 10.00 Å². The van der Waals surface area contributed by atoms with Gasteiger partial charge in [-0.2, -0.15) is 5.26 Å². The minimum absolute atomic E-state index is 0.350. The third kappa shape index (κ3) is 2.91. The molecule has 2 aromatic rings. The van der Waals surface area contributed by atoms with Gasteiger partial charge in [-0.25, -0.2) is 4.68 Å². The molecule has 0 aliphatic rings. The number of rotatable bonds is 5. The summed E-state index contributed by atoms with van der Waals surface area (Å²) in [5, 5.41) is 16.6. The van der Waals surface area contributed by atoms with Gasteiger partial charge in [0, 0.05) is 0 Å². The summed E-state index contributed by atoms with van der Waals surface area (Å²) in [4.78, 5) is 0. The molecular formula is C14H16N4O. The SMILES string of the molecule is CCCCOc1ccc(-n2nnc(C#N)c2C)cc1. The number of nitriles is 1. The van der Waals surface area contributed by atoms with Crippen LogP contribution in [0.3, 0.4) is 0 Å². The summed E-state index contributed by atoms with van der Waals surface area (Å²) in [6.45, 7) is 4.69. The van der Waals surface area contributed by atoms with Crippen LogP contribution in [0.2, 0.25) is 0 Å². The van der Waals surface area contributed by atoms with Gasteiger partial charge >= 0.3 is 0 Å². The highest BCUT2D eigenvalue weighted by atomic mass is 16.5. The van der Waals surface area contributed by atoms with Crippen molar-refractivity contribution in [3.8, 4) is 17.5 Å². The van der Waals surface area contributed by atoms with E-state index in [1.807, 2.05) is 37.3 Å². The minimum Gasteiger partial charge on any atom is -0.494 e. The smallest absolute Gasteiger partial charge is 0.186 e. The number of hydrogen-bond donors (Lipinski definition) is 0. The summed E-state index contributed by atoms with van der Waals surface area (Å²) >= 11 is 0. The molecule has 1 aromatic carbocycles. The lowest BCUT2D eigenvalue weighted by atomic mass is 10.3. The molecule has 98 valence electrons. The number of ether oxygens (including phenoxy) is 1. The largest absolute Gasteiger partial charge is 0.494 e. The molecule has 5 heteroatoms. The molecule has 0 radical (unpaired) electrons. The van der Waals surface area contributed by atoms with Crippen molar-refractivity contribution >= 4 is 0 Å². The average Bonchev–Trinajstić information content (AvgIpc) is 2.81. The predicted molar refractivity (Wildman–Crippen MR) is 71.2 cm³/mol. The molecule has 0 atom stereocenters. The van der Waals surface area contributed by atoms with Crippen LogP contribution in [0.5, 0.6) is 5.75 Å². The van der Waals surface area contributed by atoms with Gasteiger partial charge in [-0.1, -0.05) is 18.6 Å². The molecule has 0 saturated heterocycles. The quantitative estimate of drug-likeness (QED) is 0.771. The van der Waals surface area contributed by atoms with E-state index < -0.39 is 0 Å². The van der Waals surface area contributed by atoms with Crippen molar-refractivity contribution in [1.29, 1.82) is 5.26 Å². The van der Waals surface area contributed by atoms with Crippen LogP contribution >= 0.6 is 0 Å². The van der Waals surface area contributed by atoms with Crippen LogP contribution in [0.25, 0.3) is 5.69 Å². The summed E-state index contributed by atoms with van der Waals surface area (Å²) in [6, 6.07) is 9.63. The number of nitrogens with zero attached hydrogens (tertiary/aromatic N) is 4. The molecule has 0 fully saturated rings. The zero-order valence-electron chi connectivity index (χ0n) is 11.1. The molecule has 0 unspecified atom stereocenters. The van der Waals surface area contributed by atoms with Gasteiger partial charge in [-0.15, -0.1) is 5.10 Å². The second kappa shape index (κ2) is 6.01. The highest BCUT2D eigenvalue weighted by molar-refractivity contribution is 5.39. The van der Waals surface area contributed by atoms with Crippen molar-refractivity contribution < 1.29 is 4.74 Å². The molecule has 1 heterocycles. The molecule has 0 aliphatic heterocycles. The van der Waals surface area contributed by atoms with Crippen molar-refractivity contribution in [2.45, 2.75) is 26.7 Å². The third-order valence-electron chi connectivity index (χ3n) is 2.85. The lowest BCUT2D eigenvalue weighted by molar-refractivity contribution is 0.309. The zero-order chi connectivity index (χ0) is 13.7. The Kier molecular flexibility index (Phi) is 4.14. The van der Waals surface area contributed by atoms with E-state index in [1.165, 1.54) is 0 Å². The van der Waals surface area contributed by atoms with Gasteiger partial charge < -0.3 is 4.74 Å². The second-order valence-electron chi connectivity index (χ2n) is 4.24. The Morgan fingerprint density at radius 3 is 2.63 bits per heavy atom. The molecular weight excluding hydrogens is 240 g/mol. The minimum atomic E-state index is 0.350. The number of unbranched alkanes of at least 4 members (excludes halogenated alkanes) is 1. The summed E-state index contributed by atoms with van der Waals surface area (Å²) in [6.07, 6.45) is 2.17. The molecule has 19 heavy (non-hydrogen) atoms. The Bertz CT molecular complexity index is 580. The van der Waals surface area contributed by atoms with Gasteiger partial charge in [0.2, 0.25) is 0 Å². The summed E-state index contributed by atoms with van der Waals surface area (Å²) in [7, 11) is 0. The van der Waals surface area contributed by atoms with Gasteiger partial charge in [0.1, 0.15) is 11.8 Å². The summed E-state index contributed by atoms with van der Waals surface area (Å²) < 4.78 is 7.24. The zero-order valence-corrected chi connectivity index (χ0v) is 11.1. The third-order valence-corrected chi connectivity index (χ3v) is 2.85. The molecule has 2 rings (SSSR count). The van der Waals surface area contributed by atoms with Crippen molar-refractivity contribution in [2.75, 3.05) is 6.61 Å². The monoisotopic (exact) mass is 256 g/mol. The highest BCUT2D eigenvalue weighted by Crippen LogP contribution is 2.17. The summed E-state index contributed by atoms with van der Waals surface area (Å²) in [5.41, 5.74) is 1.96. The standard InChI is InChI=1S/C14H16N4O/c1-3-4-9-19-13-7-5-12(6-8-13)18-11(2)14(10-15)16-17-18/h5-8H,3-4,9H2,1-2H3. The van der Waals surface area contributed by atoms with E-state index in [2.05, 4.69) is 17.2 Å². The first-order valence-electron chi connectivity index (χ1n) is 6.32. The normalized spacial score (nSPS) is 10.2. The lowest BCUT2D eigenvalue weighted by Gasteiger charge is -2.07. The fraction of sp³-hybridized carbons (Fsp3) is 0.357. The number of aromatic nitrogens is 3. The molecule has 0 amide bonds. The van der Waals surface area contributed by atoms with Gasteiger partial charge in [-0.3, -0.25) is 0 Å². The van der Waals surface area contributed by atoms with Crippen LogP contribution in [0.1, 0.15) is 31.2 Å². The number of benzene rings is 1. The fourth-order valence-corrected chi connectivity index (χ4v) is 1.70. The van der Waals surface area contributed by atoms with Gasteiger partial charge in [0.15, 0.2) is 5.69 Å². The van der Waals surface area contributed by atoms with Crippen LogP contribution in [0, 0.1) is 18.3 Å². The molecule has 0 spiro atoms. The Hall–Kier alpha value is -2.35. The molecule has 0 aliphatic carbocycles. The van der Waals surface area contributed by atoms with Crippen LogP contribution < -0.4 is 4.74 Å². The van der Waals surface area contributed by atoms with Crippen LogP contribution in [-0.4, -0.2) is 21.6 Å². The molecule has 0 N–H and O–H groups in total. The molecule has 0 saturated carbocycles. The molecule has 0 bridgehead atoms. The maximum atomic E-state index is 8.86. The maximum absolute atomic E-state index is 8.86. The van der Waals surface area contributed by atoms with Gasteiger partial charge in [0.05, 0.1) is 18.0 Å². The number of hydrogen-bond acceptors (Lipinski definition) is 4. The Morgan fingerprint density at radius 1 is 1.32 bits per heavy atom. The van der Waals surface area contributed by atoms with Crippen LogP contribution in [0.15, 0.2) is 24.3 Å². The Morgan fingerprint density at radius 2 is 2.05 bits per heavy atom. The Balaban J connectivity index is 2.14. The van der Waals surface area contributed by atoms with Crippen molar-refractivity contribution in [3.63, 3.8) is 0 Å². The Labute approximate surface area is 112 Å².